The zero-order valence-electron chi connectivity index (χ0n) is 9.16. The maximum Gasteiger partial charge on any atom is 0.280 e. The second-order valence-corrected chi connectivity index (χ2v) is 6.65. The molecule has 2 heterocycles. The number of carbonyl (C=O) groups excluding carboxylic acids is 1. The predicted octanol–water partition coefficient (Wildman–Crippen LogP) is 0.109. The molecule has 1 fully saturated rings. The van der Waals surface area contributed by atoms with Crippen molar-refractivity contribution in [2.24, 2.45) is 0 Å². The zero-order chi connectivity index (χ0) is 12.6. The van der Waals surface area contributed by atoms with Gasteiger partial charge in [-0.1, -0.05) is 0 Å². The molecular formula is C9H13N3O3S2. The van der Waals surface area contributed by atoms with Crippen molar-refractivity contribution in [2.45, 2.75) is 19.0 Å². The van der Waals surface area contributed by atoms with Crippen LogP contribution in [-0.4, -0.2) is 31.6 Å². The molecule has 1 aliphatic rings. The highest BCUT2D eigenvalue weighted by molar-refractivity contribution is 7.87. The number of hydrogen-bond donors (Lipinski definition) is 2. The third kappa shape index (κ3) is 2.34. The van der Waals surface area contributed by atoms with E-state index in [1.54, 1.807) is 19.1 Å². The maximum atomic E-state index is 11.8. The van der Waals surface area contributed by atoms with Gasteiger partial charge < -0.3 is 10.5 Å². The summed E-state index contributed by atoms with van der Waals surface area (Å²) in [7, 11) is -3.57. The first-order chi connectivity index (χ1) is 7.94. The lowest BCUT2D eigenvalue weighted by molar-refractivity contribution is -0.109. The number of nitrogens with one attached hydrogen (secondary N) is 1. The normalized spacial score (nSPS) is 25.8. The van der Waals surface area contributed by atoms with E-state index in [1.807, 2.05) is 0 Å². The van der Waals surface area contributed by atoms with Crippen molar-refractivity contribution < 1.29 is 13.2 Å². The molecule has 0 amide bonds. The molecule has 2 unspecified atom stereocenters. The topological polar surface area (TPSA) is 92.5 Å². The molecule has 17 heavy (non-hydrogen) atoms. The van der Waals surface area contributed by atoms with E-state index < -0.39 is 16.3 Å². The first-order valence-electron chi connectivity index (χ1n) is 5.03. The Morgan fingerprint density at radius 3 is 2.82 bits per heavy atom. The highest BCUT2D eigenvalue weighted by Crippen LogP contribution is 2.31. The van der Waals surface area contributed by atoms with Crippen LogP contribution in [0.2, 0.25) is 0 Å². The van der Waals surface area contributed by atoms with E-state index in [4.69, 9.17) is 5.73 Å². The smallest absolute Gasteiger partial charge is 0.280 e. The average Bonchev–Trinajstić information content (AvgIpc) is 2.81. The van der Waals surface area contributed by atoms with Gasteiger partial charge in [-0.25, -0.2) is 0 Å². The molecule has 0 aromatic carbocycles. The molecule has 1 aliphatic heterocycles. The highest BCUT2D eigenvalue weighted by atomic mass is 32.2. The third-order valence-corrected chi connectivity index (χ3v) is 5.41. The molecule has 0 bridgehead atoms. The second kappa shape index (κ2) is 4.37. The van der Waals surface area contributed by atoms with Gasteiger partial charge in [-0.15, -0.1) is 11.3 Å². The van der Waals surface area contributed by atoms with Gasteiger partial charge >= 0.3 is 0 Å². The van der Waals surface area contributed by atoms with Crippen molar-refractivity contribution in [2.75, 3.05) is 12.3 Å². The van der Waals surface area contributed by atoms with Gasteiger partial charge in [-0.3, -0.25) is 0 Å². The summed E-state index contributed by atoms with van der Waals surface area (Å²) >= 11 is 1.35. The Kier molecular flexibility index (Phi) is 3.21. The minimum atomic E-state index is -3.57. The van der Waals surface area contributed by atoms with E-state index in [0.717, 1.165) is 4.88 Å². The van der Waals surface area contributed by atoms with Crippen LogP contribution in [0.1, 0.15) is 17.8 Å². The third-order valence-electron chi connectivity index (χ3n) is 2.64. The van der Waals surface area contributed by atoms with Gasteiger partial charge in [-0.2, -0.15) is 17.4 Å². The highest BCUT2D eigenvalue weighted by Gasteiger charge is 2.38. The van der Waals surface area contributed by atoms with Crippen LogP contribution in [-0.2, 0) is 15.0 Å². The van der Waals surface area contributed by atoms with Crippen LogP contribution in [0, 0.1) is 0 Å². The number of nitrogen functional groups attached to an aromatic ring is 1. The van der Waals surface area contributed by atoms with Gasteiger partial charge in [0.05, 0.1) is 17.1 Å². The van der Waals surface area contributed by atoms with Crippen LogP contribution in [0.3, 0.4) is 0 Å². The number of carbonyl (C=O) groups is 1. The molecule has 3 N–H and O–H groups in total. The van der Waals surface area contributed by atoms with Crippen molar-refractivity contribution in [1.82, 2.24) is 9.03 Å². The van der Waals surface area contributed by atoms with Crippen molar-refractivity contribution in [3.05, 3.63) is 17.0 Å². The average molecular weight is 275 g/mol. The van der Waals surface area contributed by atoms with Gasteiger partial charge in [0.25, 0.3) is 10.2 Å². The van der Waals surface area contributed by atoms with Crippen molar-refractivity contribution in [3.63, 3.8) is 0 Å². The van der Waals surface area contributed by atoms with Crippen LogP contribution in [0.4, 0.5) is 5.00 Å². The van der Waals surface area contributed by atoms with Crippen LogP contribution in [0.5, 0.6) is 0 Å². The number of hydrogen-bond acceptors (Lipinski definition) is 5. The summed E-state index contributed by atoms with van der Waals surface area (Å²) in [4.78, 5) is 11.5. The fourth-order valence-electron chi connectivity index (χ4n) is 1.76. The molecule has 0 spiro atoms. The molecule has 8 heteroatoms. The van der Waals surface area contributed by atoms with E-state index in [9.17, 15) is 13.2 Å². The summed E-state index contributed by atoms with van der Waals surface area (Å²) in [5, 5.41) is 0.642. The monoisotopic (exact) mass is 275 g/mol. The number of nitrogens with two attached hydrogens (primary N) is 1. The second-order valence-electron chi connectivity index (χ2n) is 3.85. The largest absolute Gasteiger partial charge is 0.391 e. The molecular weight excluding hydrogens is 262 g/mol. The van der Waals surface area contributed by atoms with Gasteiger partial charge in [0.2, 0.25) is 0 Å². The lowest BCUT2D eigenvalue weighted by Gasteiger charge is -2.20. The fourth-order valence-corrected chi connectivity index (χ4v) is 4.20. The number of aldehydes is 1. The van der Waals surface area contributed by atoms with Crippen molar-refractivity contribution >= 4 is 32.8 Å². The molecule has 1 aromatic rings. The Hall–Kier alpha value is -0.960. The van der Waals surface area contributed by atoms with Gasteiger partial charge in [0.1, 0.15) is 6.29 Å². The molecule has 1 saturated heterocycles. The number of rotatable bonds is 3. The molecule has 0 saturated carbocycles. The van der Waals surface area contributed by atoms with E-state index in [-0.39, 0.29) is 12.6 Å². The first kappa shape index (κ1) is 12.5. The minimum absolute atomic E-state index is 0.158. The quantitative estimate of drug-likeness (QED) is 0.766. The zero-order valence-corrected chi connectivity index (χ0v) is 10.8. The Morgan fingerprint density at radius 1 is 1.65 bits per heavy atom. The Labute approximate surface area is 104 Å². The van der Waals surface area contributed by atoms with Crippen LogP contribution in [0.15, 0.2) is 12.1 Å². The number of thiophene rings is 1. The molecule has 1 aromatic heterocycles. The summed E-state index contributed by atoms with van der Waals surface area (Å²) in [5.74, 6) is 0. The Bertz CT molecular complexity index is 525. The summed E-state index contributed by atoms with van der Waals surface area (Å²) in [6, 6.07) is 2.55. The first-order valence-corrected chi connectivity index (χ1v) is 7.29. The summed E-state index contributed by atoms with van der Waals surface area (Å²) in [6.45, 7) is 1.93. The van der Waals surface area contributed by atoms with E-state index in [1.165, 1.54) is 15.6 Å². The maximum absolute atomic E-state index is 11.8. The summed E-state index contributed by atoms with van der Waals surface area (Å²) in [6.07, 6.45) is 0.604. The summed E-state index contributed by atoms with van der Waals surface area (Å²) < 4.78 is 27.1. The summed E-state index contributed by atoms with van der Waals surface area (Å²) in [5.41, 5.74) is 5.61. The lowest BCUT2D eigenvalue weighted by atomic mass is 10.2. The molecule has 6 nitrogen and oxygen atoms in total. The van der Waals surface area contributed by atoms with Gasteiger partial charge in [0.15, 0.2) is 0 Å². The molecule has 2 atom stereocenters. The predicted molar refractivity (Wildman–Crippen MR) is 65.8 cm³/mol. The number of anilines is 1. The van der Waals surface area contributed by atoms with E-state index >= 15 is 0 Å². The molecule has 0 radical (unpaired) electrons. The Morgan fingerprint density at radius 2 is 2.35 bits per heavy atom. The molecule has 2 rings (SSSR count). The molecule has 0 aliphatic carbocycles. The van der Waals surface area contributed by atoms with E-state index in [2.05, 4.69) is 4.72 Å². The molecule has 94 valence electrons. The van der Waals surface area contributed by atoms with Crippen molar-refractivity contribution in [3.8, 4) is 0 Å². The SMILES string of the molecule is CC(c1ccc(N)s1)N1CC(C=O)NS1(=O)=O. The standard InChI is InChI=1S/C9H13N3O3S2/c1-6(8-2-3-9(10)16-8)12-4-7(5-13)11-17(12,14)15/h2-3,5-7,11H,4,10H2,1H3. The van der Waals surface area contributed by atoms with Crippen LogP contribution >= 0.6 is 11.3 Å². The number of nitrogens with zero attached hydrogens (tertiary/aromatic N) is 1. The van der Waals surface area contributed by atoms with Crippen LogP contribution in [0.25, 0.3) is 0 Å². The lowest BCUT2D eigenvalue weighted by Crippen LogP contribution is -2.32. The van der Waals surface area contributed by atoms with Crippen LogP contribution < -0.4 is 10.5 Å². The van der Waals surface area contributed by atoms with E-state index in [0.29, 0.717) is 11.3 Å². The van der Waals surface area contributed by atoms with Gasteiger partial charge in [0, 0.05) is 11.4 Å². The minimum Gasteiger partial charge on any atom is -0.391 e. The fraction of sp³-hybridized carbons (Fsp3) is 0.444. The van der Waals surface area contributed by atoms with Gasteiger partial charge in [-0.05, 0) is 19.1 Å². The van der Waals surface area contributed by atoms with Crippen molar-refractivity contribution in [1.29, 1.82) is 0 Å². The Balaban J connectivity index is 2.25.